The molecular weight excluding hydrogens is 673 g/mol. The number of hydrogen-bond donors (Lipinski definition) is 0. The summed E-state index contributed by atoms with van der Waals surface area (Å²) in [5.41, 5.74) is 0. The standard InChI is InChI=1S/C56H114/c1-3-5-7-9-11-13-15-17-19-21-23-25-27-29-31-33-35-37-39-41-43-45-47-49-51-53-55-56-54-52-50-48-46-44-42-40-38-36-34-32-30-28-26-24-22-20-18-16-14-12-10-8-6-4-2/h3-56H2,1-2H3. The normalized spacial score (nSPS) is 11.7. The minimum Gasteiger partial charge on any atom is -0.0654 e. The Morgan fingerprint density at radius 3 is 0.196 bits per heavy atom. The predicted octanol–water partition coefficient (Wildman–Crippen LogP) is 22.1. The summed E-state index contributed by atoms with van der Waals surface area (Å²) >= 11 is 0. The molecule has 0 aliphatic carbocycles. The molecule has 0 nitrogen and oxygen atoms in total. The van der Waals surface area contributed by atoms with E-state index in [4.69, 9.17) is 0 Å². The first-order valence-corrected chi connectivity index (χ1v) is 27.9. The molecule has 0 atom stereocenters. The quantitative estimate of drug-likeness (QED) is 0.0539. The van der Waals surface area contributed by atoms with Crippen LogP contribution in [-0.2, 0) is 0 Å². The van der Waals surface area contributed by atoms with Crippen LogP contribution in [0.15, 0.2) is 0 Å². The predicted molar refractivity (Wildman–Crippen MR) is 261 cm³/mol. The molecule has 0 aromatic carbocycles. The lowest BCUT2D eigenvalue weighted by molar-refractivity contribution is 0.507. The van der Waals surface area contributed by atoms with Crippen molar-refractivity contribution in [2.75, 3.05) is 0 Å². The van der Waals surface area contributed by atoms with Gasteiger partial charge in [0.15, 0.2) is 0 Å². The van der Waals surface area contributed by atoms with Crippen LogP contribution in [-0.4, -0.2) is 0 Å². The van der Waals surface area contributed by atoms with Crippen molar-refractivity contribution in [3.05, 3.63) is 0 Å². The molecule has 0 heteroatoms. The van der Waals surface area contributed by atoms with Gasteiger partial charge in [-0.25, -0.2) is 0 Å². The van der Waals surface area contributed by atoms with E-state index in [1.807, 2.05) is 0 Å². The van der Waals surface area contributed by atoms with Crippen LogP contribution in [0.25, 0.3) is 0 Å². The molecule has 0 fully saturated rings. The zero-order valence-corrected chi connectivity index (χ0v) is 40.2. The second-order valence-electron chi connectivity index (χ2n) is 19.4. The molecule has 0 aliphatic rings. The van der Waals surface area contributed by atoms with Gasteiger partial charge in [-0.2, -0.15) is 0 Å². The molecule has 0 saturated carbocycles. The molecule has 0 radical (unpaired) electrons. The Morgan fingerprint density at radius 1 is 0.0893 bits per heavy atom. The second-order valence-corrected chi connectivity index (χ2v) is 19.4. The van der Waals surface area contributed by atoms with Gasteiger partial charge in [0.05, 0.1) is 0 Å². The Morgan fingerprint density at radius 2 is 0.143 bits per heavy atom. The maximum Gasteiger partial charge on any atom is -0.0533 e. The SMILES string of the molecule is CCCCCCCCCCCCCCCCCCCCCCCCCCCCCCCCCCCCCCCCCCCCCCCCCCCCCCCC. The van der Waals surface area contributed by atoms with Crippen molar-refractivity contribution in [2.45, 2.75) is 361 Å². The summed E-state index contributed by atoms with van der Waals surface area (Å²) in [6, 6.07) is 0. The van der Waals surface area contributed by atoms with Crippen molar-refractivity contribution >= 4 is 0 Å². The van der Waals surface area contributed by atoms with Crippen molar-refractivity contribution in [2.24, 2.45) is 0 Å². The minimum absolute atomic E-state index is 1.37. The minimum atomic E-state index is 1.37. The van der Waals surface area contributed by atoms with Crippen LogP contribution in [0.4, 0.5) is 0 Å². The van der Waals surface area contributed by atoms with E-state index in [1.54, 1.807) is 0 Å². The van der Waals surface area contributed by atoms with Gasteiger partial charge in [-0.1, -0.05) is 361 Å². The molecule has 0 bridgehead atoms. The maximum absolute atomic E-state index is 2.31. The average Bonchev–Trinajstić information content (AvgIpc) is 3.21. The highest BCUT2D eigenvalue weighted by Crippen LogP contribution is 2.19. The van der Waals surface area contributed by atoms with E-state index in [0.717, 1.165) is 0 Å². The fraction of sp³-hybridized carbons (Fsp3) is 1.00. The molecule has 0 aromatic rings. The van der Waals surface area contributed by atoms with Crippen molar-refractivity contribution in [3.8, 4) is 0 Å². The first kappa shape index (κ1) is 56.0. The molecule has 338 valence electrons. The van der Waals surface area contributed by atoms with E-state index in [9.17, 15) is 0 Å². The summed E-state index contributed by atoms with van der Waals surface area (Å²) in [6.07, 6.45) is 80.4. The summed E-state index contributed by atoms with van der Waals surface area (Å²) in [6.45, 7) is 4.63. The van der Waals surface area contributed by atoms with Crippen molar-refractivity contribution in [1.29, 1.82) is 0 Å². The highest BCUT2D eigenvalue weighted by Gasteiger charge is 1.99. The van der Waals surface area contributed by atoms with E-state index in [2.05, 4.69) is 13.8 Å². The monoisotopic (exact) mass is 787 g/mol. The topological polar surface area (TPSA) is 0 Å². The van der Waals surface area contributed by atoms with E-state index >= 15 is 0 Å². The summed E-state index contributed by atoms with van der Waals surface area (Å²) < 4.78 is 0. The third-order valence-electron chi connectivity index (χ3n) is 13.5. The smallest absolute Gasteiger partial charge is 0.0533 e. The molecule has 0 spiro atoms. The Kier molecular flexibility index (Phi) is 55.0. The Labute approximate surface area is 359 Å². The lowest BCUT2D eigenvalue weighted by atomic mass is 10.0. The molecule has 0 saturated heterocycles. The Hall–Kier alpha value is 0. The summed E-state index contributed by atoms with van der Waals surface area (Å²) in [4.78, 5) is 0. The van der Waals surface area contributed by atoms with Crippen LogP contribution >= 0.6 is 0 Å². The van der Waals surface area contributed by atoms with Crippen molar-refractivity contribution in [1.82, 2.24) is 0 Å². The molecule has 0 rings (SSSR count). The van der Waals surface area contributed by atoms with Crippen LogP contribution in [0.1, 0.15) is 361 Å². The summed E-state index contributed by atoms with van der Waals surface area (Å²) in [5, 5.41) is 0. The molecule has 0 heterocycles. The number of rotatable bonds is 53. The first-order chi connectivity index (χ1) is 27.9. The molecule has 0 amide bonds. The van der Waals surface area contributed by atoms with Gasteiger partial charge in [0.1, 0.15) is 0 Å². The summed E-state index contributed by atoms with van der Waals surface area (Å²) in [7, 11) is 0. The molecular formula is C56H114. The fourth-order valence-corrected chi connectivity index (χ4v) is 9.34. The zero-order chi connectivity index (χ0) is 40.2. The van der Waals surface area contributed by atoms with Gasteiger partial charge < -0.3 is 0 Å². The third kappa shape index (κ3) is 54.0. The Bertz CT molecular complexity index is 568. The van der Waals surface area contributed by atoms with Gasteiger partial charge in [0, 0.05) is 0 Å². The third-order valence-corrected chi connectivity index (χ3v) is 13.5. The number of unbranched alkanes of at least 4 members (excludes halogenated alkanes) is 53. The fourth-order valence-electron chi connectivity index (χ4n) is 9.34. The van der Waals surface area contributed by atoms with E-state index in [0.29, 0.717) is 0 Å². The lowest BCUT2D eigenvalue weighted by Gasteiger charge is -2.05. The van der Waals surface area contributed by atoms with Crippen molar-refractivity contribution < 1.29 is 0 Å². The lowest BCUT2D eigenvalue weighted by Crippen LogP contribution is -1.85. The van der Waals surface area contributed by atoms with E-state index in [-0.39, 0.29) is 0 Å². The molecule has 56 heavy (non-hydrogen) atoms. The van der Waals surface area contributed by atoms with Gasteiger partial charge >= 0.3 is 0 Å². The Balaban J connectivity index is 3.05. The molecule has 0 N–H and O–H groups in total. The van der Waals surface area contributed by atoms with Gasteiger partial charge in [-0.15, -0.1) is 0 Å². The van der Waals surface area contributed by atoms with Gasteiger partial charge in [0.25, 0.3) is 0 Å². The molecule has 0 aliphatic heterocycles. The largest absolute Gasteiger partial charge is 0.0654 e. The van der Waals surface area contributed by atoms with Crippen LogP contribution in [0.5, 0.6) is 0 Å². The zero-order valence-electron chi connectivity index (χ0n) is 40.2. The van der Waals surface area contributed by atoms with Gasteiger partial charge in [0.2, 0.25) is 0 Å². The molecule has 0 unspecified atom stereocenters. The van der Waals surface area contributed by atoms with Crippen LogP contribution in [0, 0.1) is 0 Å². The average molecular weight is 788 g/mol. The van der Waals surface area contributed by atoms with Gasteiger partial charge in [-0.3, -0.25) is 0 Å². The highest BCUT2D eigenvalue weighted by molar-refractivity contribution is 4.55. The molecule has 0 aromatic heterocycles. The van der Waals surface area contributed by atoms with E-state index < -0.39 is 0 Å². The van der Waals surface area contributed by atoms with Crippen LogP contribution < -0.4 is 0 Å². The van der Waals surface area contributed by atoms with Crippen LogP contribution in [0.2, 0.25) is 0 Å². The number of hydrogen-bond acceptors (Lipinski definition) is 0. The van der Waals surface area contributed by atoms with Crippen molar-refractivity contribution in [3.63, 3.8) is 0 Å². The second kappa shape index (κ2) is 55.0. The maximum atomic E-state index is 2.31. The summed E-state index contributed by atoms with van der Waals surface area (Å²) in [5.74, 6) is 0. The first-order valence-electron chi connectivity index (χ1n) is 27.9. The van der Waals surface area contributed by atoms with Gasteiger partial charge in [-0.05, 0) is 0 Å². The highest BCUT2D eigenvalue weighted by atomic mass is 14.1. The van der Waals surface area contributed by atoms with Crippen LogP contribution in [0.3, 0.4) is 0 Å². The van der Waals surface area contributed by atoms with E-state index in [1.165, 1.54) is 347 Å².